The van der Waals surface area contributed by atoms with Crippen molar-refractivity contribution in [2.75, 3.05) is 23.1 Å². The van der Waals surface area contributed by atoms with Crippen LogP contribution in [0.4, 0.5) is 5.69 Å². The van der Waals surface area contributed by atoms with Gasteiger partial charge in [-0.05, 0) is 31.4 Å². The van der Waals surface area contributed by atoms with Gasteiger partial charge in [0.1, 0.15) is 0 Å². The second-order valence-corrected chi connectivity index (χ2v) is 7.32. The van der Waals surface area contributed by atoms with Crippen molar-refractivity contribution in [2.45, 2.75) is 38.6 Å². The summed E-state index contributed by atoms with van der Waals surface area (Å²) in [6, 6.07) is 9.94. The number of hydrogen-bond acceptors (Lipinski definition) is 3. The van der Waals surface area contributed by atoms with Gasteiger partial charge in [0.25, 0.3) is 0 Å². The smallest absolute Gasteiger partial charge is 0.236 e. The van der Waals surface area contributed by atoms with E-state index in [2.05, 4.69) is 12.2 Å². The number of benzene rings is 1. The fourth-order valence-corrected chi connectivity index (χ4v) is 3.56. The Kier molecular flexibility index (Phi) is 5.43. The molecule has 1 aromatic rings. The molecule has 0 aromatic heterocycles. The van der Waals surface area contributed by atoms with E-state index in [1.807, 2.05) is 30.3 Å². The van der Waals surface area contributed by atoms with E-state index in [4.69, 9.17) is 0 Å². The first-order chi connectivity index (χ1) is 9.63. The van der Waals surface area contributed by atoms with Crippen molar-refractivity contribution in [3.05, 3.63) is 30.3 Å². The molecule has 0 atom stereocenters. The quantitative estimate of drug-likeness (QED) is 0.761. The van der Waals surface area contributed by atoms with Crippen molar-refractivity contribution < 1.29 is 8.42 Å². The molecular formula is C15H24N2O2S. The molecule has 5 heteroatoms. The highest BCUT2D eigenvalue weighted by Crippen LogP contribution is 2.20. The molecule has 0 heterocycles. The Labute approximate surface area is 122 Å². The Morgan fingerprint density at radius 3 is 2.55 bits per heavy atom. The van der Waals surface area contributed by atoms with E-state index < -0.39 is 10.0 Å². The minimum atomic E-state index is -3.24. The Morgan fingerprint density at radius 2 is 1.95 bits per heavy atom. The lowest BCUT2D eigenvalue weighted by Crippen LogP contribution is -2.37. The first kappa shape index (κ1) is 15.3. The molecule has 1 aromatic carbocycles. The predicted molar refractivity (Wildman–Crippen MR) is 83.5 cm³/mol. The molecular weight excluding hydrogens is 272 g/mol. The zero-order chi connectivity index (χ0) is 14.4. The maximum absolute atomic E-state index is 12.5. The number of para-hydroxylation sites is 1. The number of sulfonamides is 1. The summed E-state index contributed by atoms with van der Waals surface area (Å²) in [4.78, 5) is 0. The van der Waals surface area contributed by atoms with Gasteiger partial charge < -0.3 is 5.32 Å². The van der Waals surface area contributed by atoms with Crippen molar-refractivity contribution in [1.82, 2.24) is 5.32 Å². The van der Waals surface area contributed by atoms with Gasteiger partial charge in [-0.3, -0.25) is 4.31 Å². The molecule has 112 valence electrons. The summed E-state index contributed by atoms with van der Waals surface area (Å²) in [5.74, 6) is 0.169. The molecule has 0 spiro atoms. The summed E-state index contributed by atoms with van der Waals surface area (Å²) in [5.41, 5.74) is 0.771. The molecule has 4 nitrogen and oxygen atoms in total. The van der Waals surface area contributed by atoms with E-state index in [0.717, 1.165) is 18.5 Å². The number of unbranched alkanes of at least 4 members (excludes halogenated alkanes) is 1. The summed E-state index contributed by atoms with van der Waals surface area (Å²) in [5, 5.41) is 3.27. The van der Waals surface area contributed by atoms with E-state index >= 15 is 0 Å². The Hall–Kier alpha value is -1.07. The van der Waals surface area contributed by atoms with Gasteiger partial charge in [0.15, 0.2) is 0 Å². The van der Waals surface area contributed by atoms with Crippen LogP contribution in [0.3, 0.4) is 0 Å². The van der Waals surface area contributed by atoms with Crippen molar-refractivity contribution in [1.29, 1.82) is 0 Å². The van der Waals surface area contributed by atoms with Crippen molar-refractivity contribution in [2.24, 2.45) is 0 Å². The number of rotatable bonds is 9. The lowest BCUT2D eigenvalue weighted by molar-refractivity contribution is 0.583. The van der Waals surface area contributed by atoms with Crippen LogP contribution in [-0.2, 0) is 10.0 Å². The number of hydrogen-bond donors (Lipinski definition) is 1. The highest BCUT2D eigenvalue weighted by molar-refractivity contribution is 7.92. The zero-order valence-electron chi connectivity index (χ0n) is 12.1. The van der Waals surface area contributed by atoms with E-state index in [-0.39, 0.29) is 5.75 Å². The minimum absolute atomic E-state index is 0.169. The third-order valence-electron chi connectivity index (χ3n) is 3.47. The topological polar surface area (TPSA) is 49.4 Å². The molecule has 2 rings (SSSR count). The summed E-state index contributed by atoms with van der Waals surface area (Å²) in [7, 11) is -3.24. The van der Waals surface area contributed by atoms with Gasteiger partial charge in [-0.2, -0.15) is 0 Å². The van der Waals surface area contributed by atoms with Crippen LogP contribution in [0.2, 0.25) is 0 Å². The van der Waals surface area contributed by atoms with Gasteiger partial charge in [-0.15, -0.1) is 0 Å². The van der Waals surface area contributed by atoms with E-state index in [1.165, 1.54) is 12.8 Å². The van der Waals surface area contributed by atoms with Gasteiger partial charge in [0.2, 0.25) is 10.0 Å². The molecule has 1 aliphatic carbocycles. The van der Waals surface area contributed by atoms with Crippen molar-refractivity contribution in [3.63, 3.8) is 0 Å². The van der Waals surface area contributed by atoms with Gasteiger partial charge in [0, 0.05) is 19.1 Å². The van der Waals surface area contributed by atoms with Gasteiger partial charge in [-0.25, -0.2) is 8.42 Å². The van der Waals surface area contributed by atoms with Gasteiger partial charge >= 0.3 is 0 Å². The first-order valence-corrected chi connectivity index (χ1v) is 9.03. The van der Waals surface area contributed by atoms with E-state index in [9.17, 15) is 8.42 Å². The lowest BCUT2D eigenvalue weighted by Gasteiger charge is -2.24. The largest absolute Gasteiger partial charge is 0.313 e. The third-order valence-corrected chi connectivity index (χ3v) is 5.25. The normalized spacial score (nSPS) is 15.2. The third kappa shape index (κ3) is 4.49. The second-order valence-electron chi connectivity index (χ2n) is 5.31. The van der Waals surface area contributed by atoms with Crippen LogP contribution in [-0.4, -0.2) is 33.3 Å². The molecule has 0 unspecified atom stereocenters. The second kappa shape index (κ2) is 7.09. The maximum atomic E-state index is 12.5. The molecule has 0 aliphatic heterocycles. The molecule has 0 bridgehead atoms. The first-order valence-electron chi connectivity index (χ1n) is 7.42. The van der Waals surface area contributed by atoms with Crippen molar-refractivity contribution in [3.8, 4) is 0 Å². The summed E-state index contributed by atoms with van der Waals surface area (Å²) in [6.45, 7) is 3.18. The van der Waals surface area contributed by atoms with Crippen LogP contribution in [0.1, 0.15) is 32.6 Å². The molecule has 1 N–H and O–H groups in total. The monoisotopic (exact) mass is 296 g/mol. The van der Waals surface area contributed by atoms with Crippen LogP contribution in [0.25, 0.3) is 0 Å². The summed E-state index contributed by atoms with van der Waals surface area (Å²) >= 11 is 0. The number of anilines is 1. The molecule has 1 fully saturated rings. The average Bonchev–Trinajstić information content (AvgIpc) is 3.24. The SMILES string of the molecule is CCCCN(c1ccccc1)S(=O)(=O)CCNC1CC1. The van der Waals surface area contributed by atoms with Crippen LogP contribution in [0.5, 0.6) is 0 Å². The van der Waals surface area contributed by atoms with E-state index in [0.29, 0.717) is 19.1 Å². The molecule has 1 saturated carbocycles. The maximum Gasteiger partial charge on any atom is 0.236 e. The van der Waals surface area contributed by atoms with Crippen LogP contribution in [0, 0.1) is 0 Å². The van der Waals surface area contributed by atoms with Crippen LogP contribution in [0.15, 0.2) is 30.3 Å². The zero-order valence-corrected chi connectivity index (χ0v) is 12.9. The fraction of sp³-hybridized carbons (Fsp3) is 0.600. The van der Waals surface area contributed by atoms with Crippen LogP contribution < -0.4 is 9.62 Å². The van der Waals surface area contributed by atoms with Gasteiger partial charge in [0.05, 0.1) is 11.4 Å². The summed E-state index contributed by atoms with van der Waals surface area (Å²) < 4.78 is 26.6. The predicted octanol–water partition coefficient (Wildman–Crippen LogP) is 2.37. The molecule has 1 aliphatic rings. The molecule has 0 amide bonds. The van der Waals surface area contributed by atoms with Crippen LogP contribution >= 0.6 is 0 Å². The fourth-order valence-electron chi connectivity index (χ4n) is 2.11. The molecule has 0 radical (unpaired) electrons. The molecule has 20 heavy (non-hydrogen) atoms. The highest BCUT2D eigenvalue weighted by atomic mass is 32.2. The Morgan fingerprint density at radius 1 is 1.25 bits per heavy atom. The minimum Gasteiger partial charge on any atom is -0.313 e. The van der Waals surface area contributed by atoms with Crippen molar-refractivity contribution >= 4 is 15.7 Å². The standard InChI is InChI=1S/C15H24N2O2S/c1-2-3-12-17(15-7-5-4-6-8-15)20(18,19)13-11-16-14-9-10-14/h4-8,14,16H,2-3,9-13H2,1H3. The Balaban J connectivity index is 2.03. The number of nitrogens with zero attached hydrogens (tertiary/aromatic N) is 1. The van der Waals surface area contributed by atoms with E-state index in [1.54, 1.807) is 4.31 Å². The average molecular weight is 296 g/mol. The highest BCUT2D eigenvalue weighted by Gasteiger charge is 2.24. The summed E-state index contributed by atoms with van der Waals surface area (Å²) in [6.07, 6.45) is 4.22. The Bertz CT molecular complexity index is 498. The molecule has 0 saturated heterocycles. The van der Waals surface area contributed by atoms with Gasteiger partial charge in [-0.1, -0.05) is 31.5 Å². The number of nitrogens with one attached hydrogen (secondary N) is 1. The lowest BCUT2D eigenvalue weighted by atomic mass is 10.3.